The van der Waals surface area contributed by atoms with Crippen LogP contribution in [-0.2, 0) is 10.0 Å². The third kappa shape index (κ3) is 3.89. The molecule has 3 N–H and O–H groups in total. The summed E-state index contributed by atoms with van der Waals surface area (Å²) in [5.41, 5.74) is 6.64. The van der Waals surface area contributed by atoms with Crippen molar-refractivity contribution in [3.63, 3.8) is 0 Å². The molecule has 21 heavy (non-hydrogen) atoms. The van der Waals surface area contributed by atoms with Crippen LogP contribution < -0.4 is 10.5 Å². The Hall–Kier alpha value is -1.27. The second kappa shape index (κ2) is 6.23. The predicted molar refractivity (Wildman–Crippen MR) is 86.1 cm³/mol. The van der Waals surface area contributed by atoms with Gasteiger partial charge in [0.25, 0.3) is 0 Å². The Morgan fingerprint density at radius 3 is 2.48 bits per heavy atom. The largest absolute Gasteiger partial charge is 0.399 e. The van der Waals surface area contributed by atoms with Gasteiger partial charge in [-0.05, 0) is 42.8 Å². The van der Waals surface area contributed by atoms with Gasteiger partial charge in [-0.15, -0.1) is 0 Å². The number of benzene rings is 2. The minimum absolute atomic E-state index is 0.111. The third-order valence-electron chi connectivity index (χ3n) is 2.93. The summed E-state index contributed by atoms with van der Waals surface area (Å²) in [5.74, 6) is 0. The van der Waals surface area contributed by atoms with Gasteiger partial charge < -0.3 is 5.73 Å². The van der Waals surface area contributed by atoms with Gasteiger partial charge in [-0.2, -0.15) is 0 Å². The standard InChI is InChI=1S/C14H14Cl2N2O2S/c1-9(13-6-5-10(15)7-14(13)16)18-21(19,20)12-4-2-3-11(17)8-12/h2-9,18H,17H2,1H3. The molecule has 2 aromatic carbocycles. The number of nitrogens with one attached hydrogen (secondary N) is 1. The summed E-state index contributed by atoms with van der Waals surface area (Å²) in [6, 6.07) is 10.5. The zero-order valence-electron chi connectivity index (χ0n) is 11.2. The smallest absolute Gasteiger partial charge is 0.241 e. The first-order valence-corrected chi connectivity index (χ1v) is 8.36. The van der Waals surface area contributed by atoms with Crippen LogP contribution >= 0.6 is 23.2 Å². The van der Waals surface area contributed by atoms with Crippen molar-refractivity contribution >= 4 is 38.9 Å². The number of sulfonamides is 1. The molecule has 112 valence electrons. The number of hydrogen-bond acceptors (Lipinski definition) is 3. The molecule has 0 bridgehead atoms. The van der Waals surface area contributed by atoms with E-state index in [0.29, 0.717) is 21.3 Å². The van der Waals surface area contributed by atoms with E-state index >= 15 is 0 Å². The molecule has 4 nitrogen and oxygen atoms in total. The zero-order chi connectivity index (χ0) is 15.6. The summed E-state index contributed by atoms with van der Waals surface area (Å²) in [7, 11) is -3.68. The molecule has 0 spiro atoms. The Balaban J connectivity index is 2.28. The third-order valence-corrected chi connectivity index (χ3v) is 5.03. The van der Waals surface area contributed by atoms with Gasteiger partial charge >= 0.3 is 0 Å². The molecule has 0 aromatic heterocycles. The number of anilines is 1. The molecule has 0 aliphatic rings. The number of nitrogens with two attached hydrogens (primary N) is 1. The van der Waals surface area contributed by atoms with E-state index in [4.69, 9.17) is 28.9 Å². The quantitative estimate of drug-likeness (QED) is 0.832. The minimum atomic E-state index is -3.68. The van der Waals surface area contributed by atoms with Gasteiger partial charge in [0.2, 0.25) is 10.0 Å². The fourth-order valence-corrected chi connectivity index (χ4v) is 3.75. The van der Waals surface area contributed by atoms with Crippen molar-refractivity contribution in [2.75, 3.05) is 5.73 Å². The van der Waals surface area contributed by atoms with Crippen molar-refractivity contribution in [1.82, 2.24) is 4.72 Å². The maximum Gasteiger partial charge on any atom is 0.241 e. The first-order valence-electron chi connectivity index (χ1n) is 6.12. The normalized spacial score (nSPS) is 13.1. The zero-order valence-corrected chi connectivity index (χ0v) is 13.5. The topological polar surface area (TPSA) is 72.2 Å². The highest BCUT2D eigenvalue weighted by molar-refractivity contribution is 7.89. The molecule has 0 aliphatic heterocycles. The molecule has 0 aliphatic carbocycles. The van der Waals surface area contributed by atoms with E-state index < -0.39 is 16.1 Å². The first-order chi connectivity index (χ1) is 9.79. The lowest BCUT2D eigenvalue weighted by atomic mass is 10.1. The second-order valence-electron chi connectivity index (χ2n) is 4.58. The molecule has 0 heterocycles. The predicted octanol–water partition coefficient (Wildman–Crippen LogP) is 3.62. The van der Waals surface area contributed by atoms with Crippen LogP contribution in [0.15, 0.2) is 47.4 Å². The number of nitrogen functional groups attached to an aromatic ring is 1. The maximum absolute atomic E-state index is 12.3. The van der Waals surface area contributed by atoms with E-state index in [9.17, 15) is 8.42 Å². The van der Waals surface area contributed by atoms with Crippen molar-refractivity contribution in [1.29, 1.82) is 0 Å². The van der Waals surface area contributed by atoms with Crippen LogP contribution in [0.25, 0.3) is 0 Å². The van der Waals surface area contributed by atoms with Crippen LogP contribution in [0.3, 0.4) is 0 Å². The highest BCUT2D eigenvalue weighted by Crippen LogP contribution is 2.27. The summed E-state index contributed by atoms with van der Waals surface area (Å²) in [6.45, 7) is 1.71. The highest BCUT2D eigenvalue weighted by Gasteiger charge is 2.20. The van der Waals surface area contributed by atoms with Crippen molar-refractivity contribution in [3.8, 4) is 0 Å². The Bertz CT molecular complexity index is 763. The van der Waals surface area contributed by atoms with Gasteiger partial charge in [-0.25, -0.2) is 13.1 Å². The lowest BCUT2D eigenvalue weighted by Crippen LogP contribution is -2.27. The number of rotatable bonds is 4. The Morgan fingerprint density at radius 1 is 1.14 bits per heavy atom. The van der Waals surface area contributed by atoms with Crippen molar-refractivity contribution in [2.45, 2.75) is 17.9 Å². The number of halogens is 2. The maximum atomic E-state index is 12.3. The van der Waals surface area contributed by atoms with Crippen LogP contribution in [0.2, 0.25) is 10.0 Å². The second-order valence-corrected chi connectivity index (χ2v) is 7.14. The molecule has 2 aromatic rings. The Labute approximate surface area is 133 Å². The molecular formula is C14H14Cl2N2O2S. The lowest BCUT2D eigenvalue weighted by molar-refractivity contribution is 0.567. The lowest BCUT2D eigenvalue weighted by Gasteiger charge is -2.16. The van der Waals surface area contributed by atoms with Gasteiger partial charge in [0, 0.05) is 21.8 Å². The molecule has 7 heteroatoms. The summed E-state index contributed by atoms with van der Waals surface area (Å²) in [4.78, 5) is 0.111. The van der Waals surface area contributed by atoms with Gasteiger partial charge in [0.1, 0.15) is 0 Å². The van der Waals surface area contributed by atoms with Crippen molar-refractivity contribution in [3.05, 3.63) is 58.1 Å². The van der Waals surface area contributed by atoms with E-state index in [1.807, 2.05) is 0 Å². The van der Waals surface area contributed by atoms with Gasteiger partial charge in [-0.3, -0.25) is 0 Å². The fourth-order valence-electron chi connectivity index (χ4n) is 1.90. The van der Waals surface area contributed by atoms with E-state index in [1.165, 1.54) is 12.1 Å². The monoisotopic (exact) mass is 344 g/mol. The van der Waals surface area contributed by atoms with Crippen LogP contribution in [0, 0.1) is 0 Å². The summed E-state index contributed by atoms with van der Waals surface area (Å²) in [5, 5.41) is 0.903. The Morgan fingerprint density at radius 2 is 1.86 bits per heavy atom. The summed E-state index contributed by atoms with van der Waals surface area (Å²) in [6.07, 6.45) is 0. The summed E-state index contributed by atoms with van der Waals surface area (Å²) < 4.78 is 27.2. The molecule has 2 rings (SSSR count). The SMILES string of the molecule is CC(NS(=O)(=O)c1cccc(N)c1)c1ccc(Cl)cc1Cl. The average Bonchev–Trinajstić information content (AvgIpc) is 2.37. The highest BCUT2D eigenvalue weighted by atomic mass is 35.5. The van der Waals surface area contributed by atoms with Crippen LogP contribution in [0.1, 0.15) is 18.5 Å². The molecule has 0 saturated carbocycles. The fraction of sp³-hybridized carbons (Fsp3) is 0.143. The molecule has 1 unspecified atom stereocenters. The van der Waals surface area contributed by atoms with Crippen LogP contribution in [0.4, 0.5) is 5.69 Å². The average molecular weight is 345 g/mol. The number of hydrogen-bond donors (Lipinski definition) is 2. The van der Waals surface area contributed by atoms with Crippen molar-refractivity contribution in [2.24, 2.45) is 0 Å². The van der Waals surface area contributed by atoms with Crippen LogP contribution in [0.5, 0.6) is 0 Å². The van der Waals surface area contributed by atoms with Gasteiger partial charge in [0.05, 0.1) is 4.90 Å². The minimum Gasteiger partial charge on any atom is -0.399 e. The molecule has 0 fully saturated rings. The van der Waals surface area contributed by atoms with Crippen LogP contribution in [-0.4, -0.2) is 8.42 Å². The first kappa shape index (κ1) is 16.1. The molecule has 0 saturated heterocycles. The molecular weight excluding hydrogens is 331 g/mol. The van der Waals surface area contributed by atoms with Gasteiger partial charge in [-0.1, -0.05) is 35.3 Å². The van der Waals surface area contributed by atoms with E-state index in [1.54, 1.807) is 37.3 Å². The molecule has 0 amide bonds. The summed E-state index contributed by atoms with van der Waals surface area (Å²) >= 11 is 11.9. The van der Waals surface area contributed by atoms with E-state index in [-0.39, 0.29) is 4.90 Å². The van der Waals surface area contributed by atoms with Crippen molar-refractivity contribution < 1.29 is 8.42 Å². The van der Waals surface area contributed by atoms with E-state index in [0.717, 1.165) is 0 Å². The van der Waals surface area contributed by atoms with Gasteiger partial charge in [0.15, 0.2) is 0 Å². The molecule has 0 radical (unpaired) electrons. The molecule has 1 atom stereocenters. The van der Waals surface area contributed by atoms with E-state index in [2.05, 4.69) is 4.72 Å². The Kier molecular flexibility index (Phi) is 4.78.